The predicted octanol–water partition coefficient (Wildman–Crippen LogP) is 3.94. The van der Waals surface area contributed by atoms with Crippen LogP contribution in [0.5, 0.6) is 5.75 Å². The van der Waals surface area contributed by atoms with Gasteiger partial charge in [0.2, 0.25) is 5.91 Å². The summed E-state index contributed by atoms with van der Waals surface area (Å²) in [5.41, 5.74) is 2.70. The van der Waals surface area contributed by atoms with Crippen molar-refractivity contribution in [2.75, 3.05) is 24.9 Å². The number of nitrogens with one attached hydrogen (secondary N) is 1. The van der Waals surface area contributed by atoms with Gasteiger partial charge in [0.15, 0.2) is 0 Å². The van der Waals surface area contributed by atoms with Crippen molar-refractivity contribution in [2.45, 2.75) is 39.1 Å². The highest BCUT2D eigenvalue weighted by Gasteiger charge is 2.19. The molecule has 0 aliphatic heterocycles. The van der Waals surface area contributed by atoms with Gasteiger partial charge in [-0.3, -0.25) is 9.52 Å². The average molecular weight is 444 g/mol. The highest BCUT2D eigenvalue weighted by molar-refractivity contribution is 7.92. The Bertz CT molecular complexity index is 1210. The molecule has 0 aliphatic rings. The minimum absolute atomic E-state index is 0.0534. The monoisotopic (exact) mass is 443 g/mol. The van der Waals surface area contributed by atoms with E-state index >= 15 is 0 Å². The number of anilines is 1. The molecule has 3 rings (SSSR count). The van der Waals surface area contributed by atoms with E-state index in [1.165, 1.54) is 0 Å². The van der Waals surface area contributed by atoms with Crippen LogP contribution in [0.2, 0.25) is 0 Å². The van der Waals surface area contributed by atoms with Crippen molar-refractivity contribution in [3.63, 3.8) is 0 Å². The van der Waals surface area contributed by atoms with Gasteiger partial charge in [-0.15, -0.1) is 0 Å². The standard InChI is InChI=1S/C23H29N3O4S/c1-6-25(7-2)23(27)15-26-11-10-18-14-19(8-9-20(18)26)24-31(28,29)22-13-16(3)21(30-5)12-17(22)4/h8-14,24H,6-7,15H2,1-5H3. The lowest BCUT2D eigenvalue weighted by atomic mass is 10.1. The third kappa shape index (κ3) is 4.69. The van der Waals surface area contributed by atoms with Crippen molar-refractivity contribution in [2.24, 2.45) is 0 Å². The van der Waals surface area contributed by atoms with Crippen molar-refractivity contribution >= 4 is 32.5 Å². The van der Waals surface area contributed by atoms with Gasteiger partial charge in [-0.05, 0) is 75.2 Å². The third-order valence-electron chi connectivity index (χ3n) is 5.43. The minimum Gasteiger partial charge on any atom is -0.496 e. The number of rotatable bonds is 8. The first-order valence-electron chi connectivity index (χ1n) is 10.2. The highest BCUT2D eigenvalue weighted by Crippen LogP contribution is 2.28. The van der Waals surface area contributed by atoms with Crippen LogP contribution in [0.25, 0.3) is 10.9 Å². The van der Waals surface area contributed by atoms with Crippen molar-refractivity contribution in [1.29, 1.82) is 0 Å². The molecule has 0 unspecified atom stereocenters. The van der Waals surface area contributed by atoms with E-state index in [1.54, 1.807) is 43.2 Å². The minimum atomic E-state index is -3.76. The van der Waals surface area contributed by atoms with Gasteiger partial charge in [0.05, 0.1) is 12.0 Å². The zero-order valence-electron chi connectivity index (χ0n) is 18.6. The first kappa shape index (κ1) is 22.7. The maximum atomic E-state index is 13.0. The van der Waals surface area contributed by atoms with Gasteiger partial charge in [-0.2, -0.15) is 0 Å². The SMILES string of the molecule is CCN(CC)C(=O)Cn1ccc2cc(NS(=O)(=O)c3cc(C)c(OC)cc3C)ccc21. The Balaban J connectivity index is 1.86. The van der Waals surface area contributed by atoms with E-state index in [9.17, 15) is 13.2 Å². The van der Waals surface area contributed by atoms with Crippen LogP contribution >= 0.6 is 0 Å². The van der Waals surface area contributed by atoms with Crippen LogP contribution in [0, 0.1) is 13.8 Å². The molecule has 3 aromatic rings. The van der Waals surface area contributed by atoms with Crippen molar-refractivity contribution in [3.8, 4) is 5.75 Å². The Labute approximate surface area is 183 Å². The van der Waals surface area contributed by atoms with Crippen LogP contribution < -0.4 is 9.46 Å². The van der Waals surface area contributed by atoms with Gasteiger partial charge in [-0.1, -0.05) is 0 Å². The Morgan fingerprint density at radius 1 is 1.06 bits per heavy atom. The number of amides is 1. The molecule has 1 N–H and O–H groups in total. The Hall–Kier alpha value is -3.00. The molecule has 0 bridgehead atoms. The van der Waals surface area contributed by atoms with Crippen LogP contribution in [0.15, 0.2) is 47.5 Å². The Morgan fingerprint density at radius 3 is 2.42 bits per heavy atom. The summed E-state index contributed by atoms with van der Waals surface area (Å²) in [7, 11) is -2.20. The van der Waals surface area contributed by atoms with Gasteiger partial charge >= 0.3 is 0 Å². The molecule has 7 nitrogen and oxygen atoms in total. The van der Waals surface area contributed by atoms with Crippen LogP contribution in [0.3, 0.4) is 0 Å². The number of hydrogen-bond donors (Lipinski definition) is 1. The lowest BCUT2D eigenvalue weighted by Gasteiger charge is -2.19. The Morgan fingerprint density at radius 2 is 1.77 bits per heavy atom. The average Bonchev–Trinajstić information content (AvgIpc) is 3.11. The van der Waals surface area contributed by atoms with E-state index in [0.29, 0.717) is 30.1 Å². The van der Waals surface area contributed by atoms with Crippen molar-refractivity contribution in [3.05, 3.63) is 53.7 Å². The van der Waals surface area contributed by atoms with Crippen LogP contribution in [-0.4, -0.2) is 44.0 Å². The van der Waals surface area contributed by atoms with E-state index in [-0.39, 0.29) is 17.3 Å². The van der Waals surface area contributed by atoms with Crippen LogP contribution in [0.1, 0.15) is 25.0 Å². The smallest absolute Gasteiger partial charge is 0.262 e. The summed E-state index contributed by atoms with van der Waals surface area (Å²) in [6.45, 7) is 9.06. The number of aryl methyl sites for hydroxylation is 2. The fraction of sp³-hybridized carbons (Fsp3) is 0.348. The third-order valence-corrected chi connectivity index (χ3v) is 6.95. The fourth-order valence-corrected chi connectivity index (χ4v) is 5.07. The number of benzene rings is 2. The van der Waals surface area contributed by atoms with Crippen molar-refractivity contribution < 1.29 is 17.9 Å². The van der Waals surface area contributed by atoms with E-state index in [1.807, 2.05) is 43.7 Å². The molecule has 0 saturated heterocycles. The maximum absolute atomic E-state index is 13.0. The molecule has 0 saturated carbocycles. The summed E-state index contributed by atoms with van der Waals surface area (Å²) in [5, 5.41) is 0.857. The lowest BCUT2D eigenvalue weighted by molar-refractivity contribution is -0.131. The molecule has 0 radical (unpaired) electrons. The van der Waals surface area contributed by atoms with E-state index in [0.717, 1.165) is 16.5 Å². The van der Waals surface area contributed by atoms with Crippen LogP contribution in [-0.2, 0) is 21.4 Å². The summed E-state index contributed by atoms with van der Waals surface area (Å²) >= 11 is 0. The van der Waals surface area contributed by atoms with Gasteiger partial charge in [-0.25, -0.2) is 8.42 Å². The summed E-state index contributed by atoms with van der Waals surface area (Å²) in [5.74, 6) is 0.705. The largest absolute Gasteiger partial charge is 0.496 e. The zero-order valence-corrected chi connectivity index (χ0v) is 19.4. The lowest BCUT2D eigenvalue weighted by Crippen LogP contribution is -2.33. The number of hydrogen-bond acceptors (Lipinski definition) is 4. The number of nitrogens with zero attached hydrogens (tertiary/aromatic N) is 2. The van der Waals surface area contributed by atoms with E-state index < -0.39 is 10.0 Å². The summed E-state index contributed by atoms with van der Waals surface area (Å²) < 4.78 is 35.8. The predicted molar refractivity (Wildman–Crippen MR) is 123 cm³/mol. The van der Waals surface area contributed by atoms with Crippen molar-refractivity contribution in [1.82, 2.24) is 9.47 Å². The molecule has 8 heteroatoms. The molecular weight excluding hydrogens is 414 g/mol. The van der Waals surface area contributed by atoms with Gasteiger partial charge in [0.1, 0.15) is 12.3 Å². The number of fused-ring (bicyclic) bond motifs is 1. The Kier molecular flexibility index (Phi) is 6.59. The molecule has 1 heterocycles. The molecule has 0 aliphatic carbocycles. The van der Waals surface area contributed by atoms with Crippen LogP contribution in [0.4, 0.5) is 5.69 Å². The molecule has 0 spiro atoms. The molecule has 31 heavy (non-hydrogen) atoms. The maximum Gasteiger partial charge on any atom is 0.262 e. The fourth-order valence-electron chi connectivity index (χ4n) is 3.71. The first-order valence-corrected chi connectivity index (χ1v) is 11.7. The molecule has 166 valence electrons. The number of sulfonamides is 1. The number of aromatic nitrogens is 1. The number of ether oxygens (including phenoxy) is 1. The van der Waals surface area contributed by atoms with Gasteiger partial charge < -0.3 is 14.2 Å². The summed E-state index contributed by atoms with van der Waals surface area (Å²) in [6, 6.07) is 10.5. The molecule has 1 amide bonds. The number of methoxy groups -OCH3 is 1. The normalized spacial score (nSPS) is 11.5. The summed E-state index contributed by atoms with van der Waals surface area (Å²) in [6.07, 6.45) is 1.85. The molecule has 2 aromatic carbocycles. The second-order valence-corrected chi connectivity index (χ2v) is 9.13. The second-order valence-electron chi connectivity index (χ2n) is 7.48. The van der Waals surface area contributed by atoms with Gasteiger partial charge in [0.25, 0.3) is 10.0 Å². The molecular formula is C23H29N3O4S. The number of likely N-dealkylation sites (N-methyl/N-ethyl adjacent to an activating group) is 1. The summed E-state index contributed by atoms with van der Waals surface area (Å²) in [4.78, 5) is 14.4. The second kappa shape index (κ2) is 9.01. The molecule has 0 fully saturated rings. The zero-order chi connectivity index (χ0) is 22.8. The number of carbonyl (C=O) groups is 1. The molecule has 0 atom stereocenters. The first-order chi connectivity index (χ1) is 14.7. The highest BCUT2D eigenvalue weighted by atomic mass is 32.2. The van der Waals surface area contributed by atoms with E-state index in [4.69, 9.17) is 4.74 Å². The quantitative estimate of drug-likeness (QED) is 0.572. The number of carbonyl (C=O) groups excluding carboxylic acids is 1. The van der Waals surface area contributed by atoms with Gasteiger partial charge in [0, 0.05) is 35.9 Å². The topological polar surface area (TPSA) is 80.6 Å². The molecule has 1 aromatic heterocycles. The van der Waals surface area contributed by atoms with E-state index in [2.05, 4.69) is 4.72 Å².